The Balaban J connectivity index is 3.39. The van der Waals surface area contributed by atoms with E-state index in [0.717, 1.165) is 6.07 Å². The Labute approximate surface area is 84.1 Å². The number of carbonyl (C=O) groups excluding carboxylic acids is 1. The van der Waals surface area contributed by atoms with Crippen LogP contribution in [0.2, 0.25) is 0 Å². The number of nitrogens with zero attached hydrogens (tertiary/aromatic N) is 4. The van der Waals surface area contributed by atoms with E-state index in [0.29, 0.717) is 0 Å². The third-order valence-electron chi connectivity index (χ3n) is 1.72. The molecule has 7 nitrogen and oxygen atoms in total. The first-order valence-electron chi connectivity index (χ1n) is 3.90. The summed E-state index contributed by atoms with van der Waals surface area (Å²) in [4.78, 5) is 23.5. The minimum absolute atomic E-state index is 0.0435. The topological polar surface area (TPSA) is 109 Å². The first-order valence-corrected chi connectivity index (χ1v) is 3.90. The highest BCUT2D eigenvalue weighted by molar-refractivity contribution is 5.99. The molecule has 0 bridgehead atoms. The van der Waals surface area contributed by atoms with Crippen LogP contribution in [0.25, 0.3) is 10.4 Å². The maximum atomic E-state index is 11.1. The summed E-state index contributed by atoms with van der Waals surface area (Å²) in [5.74, 6) is -0.388. The minimum atomic E-state index is -0.619. The summed E-state index contributed by atoms with van der Waals surface area (Å²) in [6.45, 7) is 1.25. The Kier molecular flexibility index (Phi) is 3.00. The second kappa shape index (κ2) is 4.21. The van der Waals surface area contributed by atoms with Crippen LogP contribution in [-0.4, -0.2) is 10.7 Å². The number of azide groups is 1. The van der Waals surface area contributed by atoms with Crippen molar-refractivity contribution in [2.24, 2.45) is 5.11 Å². The van der Waals surface area contributed by atoms with Gasteiger partial charge in [-0.05, 0) is 18.5 Å². The standard InChI is InChI=1S/C8H6N4O3/c1-5(13)7-4-6(12(14)15)2-3-8(7)10-11-9/h2-4H,1H3. The van der Waals surface area contributed by atoms with Crippen molar-refractivity contribution in [2.75, 3.05) is 0 Å². The van der Waals surface area contributed by atoms with Gasteiger partial charge in [-0.3, -0.25) is 14.9 Å². The second-order valence-electron chi connectivity index (χ2n) is 2.70. The average Bonchev–Trinajstić information content (AvgIpc) is 2.18. The molecular weight excluding hydrogens is 200 g/mol. The molecule has 0 aliphatic rings. The van der Waals surface area contributed by atoms with Gasteiger partial charge in [-0.1, -0.05) is 5.11 Å². The number of nitro benzene ring substituents is 1. The summed E-state index contributed by atoms with van der Waals surface area (Å²) in [6, 6.07) is 3.51. The fourth-order valence-electron chi connectivity index (χ4n) is 1.05. The number of carbonyl (C=O) groups is 1. The summed E-state index contributed by atoms with van der Waals surface area (Å²) in [5.41, 5.74) is 8.14. The summed E-state index contributed by atoms with van der Waals surface area (Å²) in [5, 5.41) is 13.7. The third-order valence-corrected chi connectivity index (χ3v) is 1.72. The predicted molar refractivity (Wildman–Crippen MR) is 51.9 cm³/mol. The van der Waals surface area contributed by atoms with Gasteiger partial charge in [0.15, 0.2) is 5.78 Å². The van der Waals surface area contributed by atoms with Gasteiger partial charge in [0, 0.05) is 28.3 Å². The lowest BCUT2D eigenvalue weighted by Crippen LogP contribution is -1.95. The van der Waals surface area contributed by atoms with Gasteiger partial charge in [-0.2, -0.15) is 0 Å². The van der Waals surface area contributed by atoms with Gasteiger partial charge < -0.3 is 0 Å². The monoisotopic (exact) mass is 206 g/mol. The summed E-state index contributed by atoms with van der Waals surface area (Å²) >= 11 is 0. The molecular formula is C8H6N4O3. The van der Waals surface area contributed by atoms with E-state index in [-0.39, 0.29) is 22.7 Å². The molecule has 0 spiro atoms. The van der Waals surface area contributed by atoms with Crippen molar-refractivity contribution in [3.63, 3.8) is 0 Å². The van der Waals surface area contributed by atoms with Gasteiger partial charge in [0.25, 0.3) is 5.69 Å². The minimum Gasteiger partial charge on any atom is -0.294 e. The Bertz CT molecular complexity index is 477. The van der Waals surface area contributed by atoms with Crippen LogP contribution in [0.1, 0.15) is 17.3 Å². The number of non-ortho nitro benzene ring substituents is 1. The normalized spacial score (nSPS) is 9.13. The van der Waals surface area contributed by atoms with Crippen molar-refractivity contribution in [3.8, 4) is 0 Å². The first-order chi connectivity index (χ1) is 7.06. The predicted octanol–water partition coefficient (Wildman–Crippen LogP) is 2.74. The van der Waals surface area contributed by atoms with Crippen LogP contribution >= 0.6 is 0 Å². The summed E-state index contributed by atoms with van der Waals surface area (Å²) in [7, 11) is 0. The molecule has 0 N–H and O–H groups in total. The van der Waals surface area contributed by atoms with Gasteiger partial charge >= 0.3 is 0 Å². The second-order valence-corrected chi connectivity index (χ2v) is 2.70. The Hall–Kier alpha value is -2.40. The van der Waals surface area contributed by atoms with E-state index in [1.807, 2.05) is 0 Å². The molecule has 0 radical (unpaired) electrons. The number of hydrogen-bond acceptors (Lipinski definition) is 4. The van der Waals surface area contributed by atoms with Crippen LogP contribution in [0.4, 0.5) is 11.4 Å². The van der Waals surface area contributed by atoms with Crippen LogP contribution in [0.15, 0.2) is 23.3 Å². The maximum absolute atomic E-state index is 11.1. The van der Waals surface area contributed by atoms with Crippen LogP contribution < -0.4 is 0 Å². The molecule has 0 fully saturated rings. The summed E-state index contributed by atoms with van der Waals surface area (Å²) in [6.07, 6.45) is 0. The van der Waals surface area contributed by atoms with Gasteiger partial charge in [0.2, 0.25) is 0 Å². The largest absolute Gasteiger partial charge is 0.294 e. The number of benzene rings is 1. The first kappa shape index (κ1) is 10.7. The zero-order valence-corrected chi connectivity index (χ0v) is 7.75. The van der Waals surface area contributed by atoms with E-state index >= 15 is 0 Å². The number of rotatable bonds is 3. The lowest BCUT2D eigenvalue weighted by Gasteiger charge is -1.99. The quantitative estimate of drug-likeness (QED) is 0.189. The van der Waals surface area contributed by atoms with E-state index in [1.54, 1.807) is 0 Å². The molecule has 76 valence electrons. The van der Waals surface area contributed by atoms with E-state index in [1.165, 1.54) is 19.1 Å². The highest BCUT2D eigenvalue weighted by Crippen LogP contribution is 2.24. The fourth-order valence-corrected chi connectivity index (χ4v) is 1.05. The zero-order chi connectivity index (χ0) is 11.4. The molecule has 0 atom stereocenters. The van der Waals surface area contributed by atoms with Crippen molar-refractivity contribution in [1.82, 2.24) is 0 Å². The lowest BCUT2D eigenvalue weighted by molar-refractivity contribution is -0.384. The average molecular weight is 206 g/mol. The Morgan fingerprint density at radius 1 is 1.60 bits per heavy atom. The van der Waals surface area contributed by atoms with Crippen molar-refractivity contribution in [3.05, 3.63) is 44.3 Å². The van der Waals surface area contributed by atoms with E-state index in [2.05, 4.69) is 10.0 Å². The molecule has 0 aliphatic carbocycles. The zero-order valence-electron chi connectivity index (χ0n) is 7.75. The molecule has 0 heterocycles. The Morgan fingerprint density at radius 3 is 2.73 bits per heavy atom. The fraction of sp³-hybridized carbons (Fsp3) is 0.125. The molecule has 1 rings (SSSR count). The summed E-state index contributed by atoms with van der Waals surface area (Å²) < 4.78 is 0. The van der Waals surface area contributed by atoms with Crippen LogP contribution in [-0.2, 0) is 0 Å². The molecule has 0 aliphatic heterocycles. The molecule has 7 heteroatoms. The van der Waals surface area contributed by atoms with Gasteiger partial charge in [0.1, 0.15) is 0 Å². The number of ketones is 1. The van der Waals surface area contributed by atoms with Crippen LogP contribution in [0, 0.1) is 10.1 Å². The molecule has 0 aromatic heterocycles. The van der Waals surface area contributed by atoms with E-state index in [9.17, 15) is 14.9 Å². The van der Waals surface area contributed by atoms with Gasteiger partial charge in [-0.25, -0.2) is 0 Å². The molecule has 15 heavy (non-hydrogen) atoms. The molecule has 0 saturated heterocycles. The van der Waals surface area contributed by atoms with Crippen molar-refractivity contribution >= 4 is 17.2 Å². The van der Waals surface area contributed by atoms with E-state index < -0.39 is 4.92 Å². The molecule has 0 saturated carbocycles. The van der Waals surface area contributed by atoms with Crippen molar-refractivity contribution < 1.29 is 9.72 Å². The van der Waals surface area contributed by atoms with Crippen LogP contribution in [0.3, 0.4) is 0 Å². The highest BCUT2D eigenvalue weighted by Gasteiger charge is 2.12. The number of hydrogen-bond donors (Lipinski definition) is 0. The van der Waals surface area contributed by atoms with E-state index in [4.69, 9.17) is 5.53 Å². The van der Waals surface area contributed by atoms with Gasteiger partial charge in [0.05, 0.1) is 4.92 Å². The van der Waals surface area contributed by atoms with Crippen molar-refractivity contribution in [2.45, 2.75) is 6.92 Å². The maximum Gasteiger partial charge on any atom is 0.270 e. The molecule has 1 aromatic carbocycles. The Morgan fingerprint density at radius 2 is 2.27 bits per heavy atom. The number of nitro groups is 1. The highest BCUT2D eigenvalue weighted by atomic mass is 16.6. The number of Topliss-reactive ketones (excluding diaryl/α,β-unsaturated/α-hetero) is 1. The van der Waals surface area contributed by atoms with Gasteiger partial charge in [-0.15, -0.1) is 0 Å². The lowest BCUT2D eigenvalue weighted by atomic mass is 10.1. The molecule has 0 unspecified atom stereocenters. The smallest absolute Gasteiger partial charge is 0.270 e. The third kappa shape index (κ3) is 2.29. The SMILES string of the molecule is CC(=O)c1cc([N+](=O)[O-])ccc1N=[N+]=[N-]. The molecule has 0 amide bonds. The van der Waals surface area contributed by atoms with Crippen LogP contribution in [0.5, 0.6) is 0 Å². The molecule has 1 aromatic rings. The van der Waals surface area contributed by atoms with Crippen molar-refractivity contribution in [1.29, 1.82) is 0 Å².